The van der Waals surface area contributed by atoms with E-state index in [0.29, 0.717) is 30.9 Å². The summed E-state index contributed by atoms with van der Waals surface area (Å²) < 4.78 is 6.99. The minimum atomic E-state index is -0.0139. The molecule has 0 unspecified atom stereocenters. The molecule has 0 atom stereocenters. The molecule has 0 aliphatic carbocycles. The van der Waals surface area contributed by atoms with Crippen LogP contribution < -0.4 is 4.74 Å². The topological polar surface area (TPSA) is 67.7 Å². The van der Waals surface area contributed by atoms with Gasteiger partial charge in [0.2, 0.25) is 0 Å². The molecule has 0 spiro atoms. The smallest absolute Gasteiger partial charge is 0.330 e. The van der Waals surface area contributed by atoms with Crippen molar-refractivity contribution in [2.24, 2.45) is 0 Å². The van der Waals surface area contributed by atoms with E-state index in [0.717, 1.165) is 24.4 Å². The Morgan fingerprint density at radius 2 is 1.96 bits per heavy atom. The number of carbonyl (C=O) groups is 2. The minimum absolute atomic E-state index is 0.00417. The van der Waals surface area contributed by atoms with E-state index < -0.39 is 0 Å². The highest BCUT2D eigenvalue weighted by Gasteiger charge is 2.36. The number of imidazole rings is 1. The van der Waals surface area contributed by atoms with Crippen molar-refractivity contribution in [2.75, 3.05) is 20.2 Å². The standard InChI is InChI=1S/C19H22N4O3/c1-13-20-11-15-12-22(19(25)23(13)15)14-7-9-21(10-8-14)18(24)16-5-3-4-6-17(16)26-2/h3-6,11,14H,7-10,12H2,1-2H3. The Morgan fingerprint density at radius 3 is 2.65 bits per heavy atom. The van der Waals surface area contributed by atoms with Crippen LogP contribution in [0.1, 0.15) is 34.7 Å². The first-order chi connectivity index (χ1) is 12.6. The predicted octanol–water partition coefficient (Wildman–Crippen LogP) is 2.29. The number of para-hydroxylation sites is 1. The lowest BCUT2D eigenvalue weighted by atomic mass is 10.0. The molecule has 0 N–H and O–H groups in total. The maximum Gasteiger partial charge on any atom is 0.330 e. The first-order valence-corrected chi connectivity index (χ1v) is 8.86. The Kier molecular flexibility index (Phi) is 4.14. The van der Waals surface area contributed by atoms with Gasteiger partial charge < -0.3 is 14.5 Å². The average Bonchev–Trinajstić information content (AvgIpc) is 3.21. The predicted molar refractivity (Wildman–Crippen MR) is 95.2 cm³/mol. The van der Waals surface area contributed by atoms with E-state index >= 15 is 0 Å². The van der Waals surface area contributed by atoms with Crippen molar-refractivity contribution in [3.8, 4) is 5.75 Å². The van der Waals surface area contributed by atoms with Crippen molar-refractivity contribution < 1.29 is 14.3 Å². The summed E-state index contributed by atoms with van der Waals surface area (Å²) in [5.74, 6) is 1.31. The van der Waals surface area contributed by atoms with Gasteiger partial charge in [-0.25, -0.2) is 9.78 Å². The van der Waals surface area contributed by atoms with Gasteiger partial charge in [-0.3, -0.25) is 9.36 Å². The first kappa shape index (κ1) is 16.6. The van der Waals surface area contributed by atoms with Crippen LogP contribution in [0.5, 0.6) is 5.75 Å². The molecule has 0 bridgehead atoms. The van der Waals surface area contributed by atoms with Crippen LogP contribution in [0.15, 0.2) is 30.5 Å². The quantitative estimate of drug-likeness (QED) is 0.848. The Hall–Kier alpha value is -2.83. The molecule has 26 heavy (non-hydrogen) atoms. The summed E-state index contributed by atoms with van der Waals surface area (Å²) in [5, 5.41) is 0. The third kappa shape index (κ3) is 2.64. The maximum atomic E-state index is 12.8. The molecule has 136 valence electrons. The second-order valence-electron chi connectivity index (χ2n) is 6.77. The maximum absolute atomic E-state index is 12.8. The number of amides is 2. The van der Waals surface area contributed by atoms with Crippen LogP contribution >= 0.6 is 0 Å². The summed E-state index contributed by atoms with van der Waals surface area (Å²) in [6.07, 6.45) is 3.33. The van der Waals surface area contributed by atoms with Crippen LogP contribution in [0.25, 0.3) is 0 Å². The van der Waals surface area contributed by atoms with Gasteiger partial charge in [0.15, 0.2) is 0 Å². The number of hydrogen-bond donors (Lipinski definition) is 0. The summed E-state index contributed by atoms with van der Waals surface area (Å²) in [6.45, 7) is 3.72. The van der Waals surface area contributed by atoms with E-state index in [9.17, 15) is 9.59 Å². The fourth-order valence-electron chi connectivity index (χ4n) is 3.89. The molecule has 0 saturated carbocycles. The summed E-state index contributed by atoms with van der Waals surface area (Å²) in [6, 6.07) is 7.45. The average molecular weight is 354 g/mol. The fourth-order valence-corrected chi connectivity index (χ4v) is 3.89. The van der Waals surface area contributed by atoms with Crippen molar-refractivity contribution in [3.05, 3.63) is 47.5 Å². The highest BCUT2D eigenvalue weighted by Crippen LogP contribution is 2.27. The number of carbonyl (C=O) groups excluding carboxylic acids is 2. The SMILES string of the molecule is COc1ccccc1C(=O)N1CCC(N2Cc3cnc(C)n3C2=O)CC1. The molecule has 3 heterocycles. The molecular weight excluding hydrogens is 332 g/mol. The second kappa shape index (κ2) is 6.48. The Labute approximate surface area is 152 Å². The van der Waals surface area contributed by atoms with E-state index in [-0.39, 0.29) is 18.0 Å². The summed E-state index contributed by atoms with van der Waals surface area (Å²) >= 11 is 0. The lowest BCUT2D eigenvalue weighted by molar-refractivity contribution is 0.0653. The van der Waals surface area contributed by atoms with Gasteiger partial charge in [-0.2, -0.15) is 0 Å². The third-order valence-corrected chi connectivity index (χ3v) is 5.31. The highest BCUT2D eigenvalue weighted by molar-refractivity contribution is 5.97. The van der Waals surface area contributed by atoms with Gasteiger partial charge in [0.1, 0.15) is 11.6 Å². The number of methoxy groups -OCH3 is 1. The molecule has 7 heteroatoms. The van der Waals surface area contributed by atoms with Crippen molar-refractivity contribution in [1.82, 2.24) is 19.4 Å². The zero-order valence-electron chi connectivity index (χ0n) is 15.0. The zero-order valence-corrected chi connectivity index (χ0v) is 15.0. The number of likely N-dealkylation sites (tertiary alicyclic amines) is 1. The molecular formula is C19H22N4O3. The number of nitrogens with zero attached hydrogens (tertiary/aromatic N) is 4. The molecule has 1 fully saturated rings. The second-order valence-corrected chi connectivity index (χ2v) is 6.77. The number of ether oxygens (including phenoxy) is 1. The van der Waals surface area contributed by atoms with Crippen LogP contribution in [0.3, 0.4) is 0 Å². The molecule has 2 aliphatic heterocycles. The number of aromatic nitrogens is 2. The lowest BCUT2D eigenvalue weighted by Crippen LogP contribution is -2.47. The molecule has 1 saturated heterocycles. The van der Waals surface area contributed by atoms with Crippen LogP contribution in [0.2, 0.25) is 0 Å². The number of piperidine rings is 1. The third-order valence-electron chi connectivity index (χ3n) is 5.31. The Bertz CT molecular complexity index is 852. The molecule has 2 aromatic rings. The van der Waals surface area contributed by atoms with Gasteiger partial charge in [0, 0.05) is 19.1 Å². The van der Waals surface area contributed by atoms with Crippen molar-refractivity contribution in [1.29, 1.82) is 0 Å². The van der Waals surface area contributed by atoms with E-state index in [2.05, 4.69) is 4.98 Å². The van der Waals surface area contributed by atoms with Crippen LogP contribution in [0, 0.1) is 6.92 Å². The van der Waals surface area contributed by atoms with E-state index in [1.807, 2.05) is 28.9 Å². The van der Waals surface area contributed by atoms with Gasteiger partial charge in [0.05, 0.1) is 31.1 Å². The normalized spacial score (nSPS) is 17.5. The molecule has 4 rings (SSSR count). The van der Waals surface area contributed by atoms with Crippen molar-refractivity contribution >= 4 is 11.9 Å². The lowest BCUT2D eigenvalue weighted by Gasteiger charge is -2.36. The van der Waals surface area contributed by atoms with Crippen molar-refractivity contribution in [2.45, 2.75) is 32.4 Å². The van der Waals surface area contributed by atoms with E-state index in [4.69, 9.17) is 4.74 Å². The van der Waals surface area contributed by atoms with Crippen LogP contribution in [0.4, 0.5) is 4.79 Å². The van der Waals surface area contributed by atoms with Gasteiger partial charge in [-0.15, -0.1) is 0 Å². The van der Waals surface area contributed by atoms with Gasteiger partial charge in [0.25, 0.3) is 5.91 Å². The monoisotopic (exact) mass is 354 g/mol. The van der Waals surface area contributed by atoms with Gasteiger partial charge in [-0.1, -0.05) is 12.1 Å². The largest absolute Gasteiger partial charge is 0.496 e. The molecule has 2 aliphatic rings. The molecule has 1 aromatic heterocycles. The summed E-state index contributed by atoms with van der Waals surface area (Å²) in [7, 11) is 1.57. The Morgan fingerprint density at radius 1 is 1.23 bits per heavy atom. The Balaban J connectivity index is 1.42. The number of rotatable bonds is 3. The first-order valence-electron chi connectivity index (χ1n) is 8.86. The zero-order chi connectivity index (χ0) is 18.3. The molecule has 2 amide bonds. The van der Waals surface area contributed by atoms with E-state index in [1.165, 1.54) is 0 Å². The minimum Gasteiger partial charge on any atom is -0.496 e. The van der Waals surface area contributed by atoms with Crippen LogP contribution in [-0.4, -0.2) is 57.5 Å². The summed E-state index contributed by atoms with van der Waals surface area (Å²) in [5.41, 5.74) is 1.53. The van der Waals surface area contributed by atoms with Crippen LogP contribution in [-0.2, 0) is 6.54 Å². The summed E-state index contributed by atoms with van der Waals surface area (Å²) in [4.78, 5) is 33.4. The molecule has 0 radical (unpaired) electrons. The fraction of sp³-hybridized carbons (Fsp3) is 0.421. The van der Waals surface area contributed by atoms with Gasteiger partial charge in [-0.05, 0) is 31.9 Å². The number of fused-ring (bicyclic) bond motifs is 1. The number of aryl methyl sites for hydroxylation is 1. The number of hydrogen-bond acceptors (Lipinski definition) is 4. The number of benzene rings is 1. The highest BCUT2D eigenvalue weighted by atomic mass is 16.5. The van der Waals surface area contributed by atoms with Gasteiger partial charge >= 0.3 is 6.03 Å². The van der Waals surface area contributed by atoms with E-state index in [1.54, 1.807) is 30.0 Å². The molecule has 1 aromatic carbocycles. The molecule has 7 nitrogen and oxygen atoms in total. The van der Waals surface area contributed by atoms with Crippen molar-refractivity contribution in [3.63, 3.8) is 0 Å².